The average Bonchev–Trinajstić information content (AvgIpc) is 3.00. The van der Waals surface area contributed by atoms with Crippen molar-refractivity contribution in [2.75, 3.05) is 0 Å². The number of rotatable bonds is 3. The Morgan fingerprint density at radius 1 is 1.00 bits per heavy atom. The molecule has 0 saturated heterocycles. The molecule has 1 N–H and O–H groups in total. The number of nitrogens with zero attached hydrogens (tertiary/aromatic N) is 3. The Labute approximate surface area is 138 Å². The van der Waals surface area contributed by atoms with E-state index in [2.05, 4.69) is 27.4 Å². The van der Waals surface area contributed by atoms with E-state index in [-0.39, 0.29) is 5.56 Å². The van der Waals surface area contributed by atoms with Gasteiger partial charge in [0.05, 0.1) is 23.3 Å². The Balaban J connectivity index is 2.01. The molecule has 0 aliphatic rings. The molecule has 0 bridgehead atoms. The van der Waals surface area contributed by atoms with Crippen molar-refractivity contribution in [2.24, 2.45) is 0 Å². The van der Waals surface area contributed by atoms with Gasteiger partial charge in [0.15, 0.2) is 0 Å². The lowest BCUT2D eigenvalue weighted by molar-refractivity contribution is 0.702. The molecule has 0 unspecified atom stereocenters. The molecule has 2 heterocycles. The third kappa shape index (κ3) is 2.40. The van der Waals surface area contributed by atoms with Crippen molar-refractivity contribution in [2.45, 2.75) is 13.5 Å². The highest BCUT2D eigenvalue weighted by Crippen LogP contribution is 2.27. The van der Waals surface area contributed by atoms with Crippen molar-refractivity contribution in [1.82, 2.24) is 20.0 Å². The minimum atomic E-state index is -0.214. The first-order valence-corrected chi connectivity index (χ1v) is 7.79. The summed E-state index contributed by atoms with van der Waals surface area (Å²) in [5.74, 6) is 0. The molecule has 0 aliphatic heterocycles. The number of aromatic amines is 1. The van der Waals surface area contributed by atoms with Gasteiger partial charge in [0.25, 0.3) is 5.56 Å². The number of benzene rings is 2. The number of aryl methyl sites for hydroxylation is 1. The van der Waals surface area contributed by atoms with E-state index in [1.807, 2.05) is 60.1 Å². The van der Waals surface area contributed by atoms with E-state index >= 15 is 0 Å². The number of H-pyrrole nitrogens is 1. The Hall–Kier alpha value is -3.21. The van der Waals surface area contributed by atoms with Crippen LogP contribution in [0.15, 0.2) is 65.5 Å². The topological polar surface area (TPSA) is 63.6 Å². The molecule has 2 aromatic heterocycles. The van der Waals surface area contributed by atoms with Crippen LogP contribution < -0.4 is 5.56 Å². The molecule has 118 valence electrons. The lowest BCUT2D eigenvalue weighted by Gasteiger charge is -2.08. The van der Waals surface area contributed by atoms with Crippen LogP contribution in [0.1, 0.15) is 11.3 Å². The lowest BCUT2D eigenvalue weighted by Crippen LogP contribution is -2.09. The van der Waals surface area contributed by atoms with Gasteiger partial charge in [-0.3, -0.25) is 9.48 Å². The van der Waals surface area contributed by atoms with Crippen LogP contribution in [0.3, 0.4) is 0 Å². The second-order valence-corrected chi connectivity index (χ2v) is 5.72. The Kier molecular flexibility index (Phi) is 3.46. The van der Waals surface area contributed by atoms with Gasteiger partial charge in [-0.05, 0) is 12.5 Å². The quantitative estimate of drug-likeness (QED) is 0.631. The van der Waals surface area contributed by atoms with Crippen LogP contribution in [0.2, 0.25) is 0 Å². The van der Waals surface area contributed by atoms with Gasteiger partial charge in [0.1, 0.15) is 5.52 Å². The maximum atomic E-state index is 12.4. The molecule has 0 radical (unpaired) electrons. The fourth-order valence-electron chi connectivity index (χ4n) is 2.93. The van der Waals surface area contributed by atoms with Gasteiger partial charge in [-0.25, -0.2) is 5.10 Å². The first kappa shape index (κ1) is 14.4. The standard InChI is InChI=1S/C19H16N4O/c1-13-17-16(19(24)21-20-13)18(15-10-6-3-7-11-15)23(22-17)12-14-8-4-2-5-9-14/h2-11H,12H2,1H3,(H,21,24). The largest absolute Gasteiger partial charge is 0.275 e. The number of hydrogen-bond donors (Lipinski definition) is 1. The average molecular weight is 316 g/mol. The van der Waals surface area contributed by atoms with E-state index in [0.717, 1.165) is 16.8 Å². The van der Waals surface area contributed by atoms with E-state index in [1.165, 1.54) is 0 Å². The highest BCUT2D eigenvalue weighted by atomic mass is 16.1. The molecule has 4 rings (SSSR count). The molecule has 5 heteroatoms. The van der Waals surface area contributed by atoms with Crippen molar-refractivity contribution in [3.63, 3.8) is 0 Å². The van der Waals surface area contributed by atoms with E-state index in [4.69, 9.17) is 0 Å². The maximum absolute atomic E-state index is 12.4. The van der Waals surface area contributed by atoms with Gasteiger partial charge in [-0.2, -0.15) is 10.2 Å². The molecular weight excluding hydrogens is 300 g/mol. The van der Waals surface area contributed by atoms with Gasteiger partial charge in [0, 0.05) is 5.56 Å². The Morgan fingerprint density at radius 2 is 1.67 bits per heavy atom. The first-order valence-electron chi connectivity index (χ1n) is 7.79. The van der Waals surface area contributed by atoms with Crippen molar-refractivity contribution >= 4 is 10.9 Å². The molecule has 0 fully saturated rings. The summed E-state index contributed by atoms with van der Waals surface area (Å²) in [5.41, 5.74) is 4.06. The predicted octanol–water partition coefficient (Wildman–Crippen LogP) is 3.14. The normalized spacial score (nSPS) is 11.0. The van der Waals surface area contributed by atoms with Crippen LogP contribution in [0, 0.1) is 6.92 Å². The number of hydrogen-bond acceptors (Lipinski definition) is 3. The molecule has 2 aromatic carbocycles. The third-order valence-corrected chi connectivity index (χ3v) is 4.07. The maximum Gasteiger partial charge on any atom is 0.275 e. The molecular formula is C19H16N4O. The van der Waals surface area contributed by atoms with Crippen molar-refractivity contribution in [3.05, 3.63) is 82.3 Å². The van der Waals surface area contributed by atoms with Gasteiger partial charge < -0.3 is 0 Å². The van der Waals surface area contributed by atoms with E-state index < -0.39 is 0 Å². The summed E-state index contributed by atoms with van der Waals surface area (Å²) < 4.78 is 1.89. The second kappa shape index (κ2) is 5.77. The molecule has 0 aliphatic carbocycles. The van der Waals surface area contributed by atoms with E-state index in [9.17, 15) is 4.79 Å². The fraction of sp³-hybridized carbons (Fsp3) is 0.105. The third-order valence-electron chi connectivity index (χ3n) is 4.07. The summed E-state index contributed by atoms with van der Waals surface area (Å²) in [6.07, 6.45) is 0. The molecule has 0 saturated carbocycles. The second-order valence-electron chi connectivity index (χ2n) is 5.72. The van der Waals surface area contributed by atoms with Crippen LogP contribution >= 0.6 is 0 Å². The van der Waals surface area contributed by atoms with Gasteiger partial charge in [-0.15, -0.1) is 0 Å². The lowest BCUT2D eigenvalue weighted by atomic mass is 10.1. The van der Waals surface area contributed by atoms with E-state index in [0.29, 0.717) is 23.1 Å². The summed E-state index contributed by atoms with van der Waals surface area (Å²) in [7, 11) is 0. The molecule has 0 spiro atoms. The SMILES string of the molecule is Cc1n[nH]c(=O)c2c(-c3ccccc3)n(Cc3ccccc3)nc12. The van der Waals surface area contributed by atoms with Crippen LogP contribution in [0.4, 0.5) is 0 Å². The minimum absolute atomic E-state index is 0.214. The Morgan fingerprint density at radius 3 is 2.38 bits per heavy atom. The van der Waals surface area contributed by atoms with E-state index in [1.54, 1.807) is 0 Å². The highest BCUT2D eigenvalue weighted by molar-refractivity contribution is 5.93. The summed E-state index contributed by atoms with van der Waals surface area (Å²) in [4.78, 5) is 12.4. The number of aromatic nitrogens is 4. The Bertz CT molecular complexity index is 1050. The van der Waals surface area contributed by atoms with Gasteiger partial charge in [0.2, 0.25) is 0 Å². The summed E-state index contributed by atoms with van der Waals surface area (Å²) >= 11 is 0. The summed E-state index contributed by atoms with van der Waals surface area (Å²) in [6, 6.07) is 20.0. The van der Waals surface area contributed by atoms with Crippen LogP contribution in [-0.2, 0) is 6.54 Å². The predicted molar refractivity (Wildman–Crippen MR) is 93.9 cm³/mol. The zero-order valence-corrected chi connectivity index (χ0v) is 13.2. The fourth-order valence-corrected chi connectivity index (χ4v) is 2.93. The van der Waals surface area contributed by atoms with Crippen LogP contribution in [0.25, 0.3) is 22.2 Å². The number of nitrogens with one attached hydrogen (secondary N) is 1. The monoisotopic (exact) mass is 316 g/mol. The minimum Gasteiger partial charge on any atom is -0.267 e. The highest BCUT2D eigenvalue weighted by Gasteiger charge is 2.18. The number of fused-ring (bicyclic) bond motifs is 1. The van der Waals surface area contributed by atoms with Crippen molar-refractivity contribution in [3.8, 4) is 11.3 Å². The zero-order valence-electron chi connectivity index (χ0n) is 13.2. The molecule has 0 amide bonds. The molecule has 4 aromatic rings. The first-order chi connectivity index (χ1) is 11.7. The molecule has 0 atom stereocenters. The van der Waals surface area contributed by atoms with Gasteiger partial charge >= 0.3 is 0 Å². The molecule has 24 heavy (non-hydrogen) atoms. The zero-order chi connectivity index (χ0) is 16.5. The van der Waals surface area contributed by atoms with Crippen LogP contribution in [0.5, 0.6) is 0 Å². The van der Waals surface area contributed by atoms with Crippen LogP contribution in [-0.4, -0.2) is 20.0 Å². The summed E-state index contributed by atoms with van der Waals surface area (Å²) in [6.45, 7) is 2.45. The van der Waals surface area contributed by atoms with Crippen molar-refractivity contribution < 1.29 is 0 Å². The smallest absolute Gasteiger partial charge is 0.267 e. The van der Waals surface area contributed by atoms with Crippen molar-refractivity contribution in [1.29, 1.82) is 0 Å². The van der Waals surface area contributed by atoms with Gasteiger partial charge in [-0.1, -0.05) is 60.7 Å². The summed E-state index contributed by atoms with van der Waals surface area (Å²) in [5, 5.41) is 11.9. The molecule has 5 nitrogen and oxygen atoms in total.